The van der Waals surface area contributed by atoms with Gasteiger partial charge in [0.25, 0.3) is 0 Å². The van der Waals surface area contributed by atoms with Crippen LogP contribution in [0.4, 0.5) is 0 Å². The molecule has 14 heavy (non-hydrogen) atoms. The van der Waals surface area contributed by atoms with Crippen LogP contribution < -0.4 is 5.73 Å². The summed E-state index contributed by atoms with van der Waals surface area (Å²) in [5.41, 5.74) is 5.68. The zero-order valence-corrected chi connectivity index (χ0v) is 9.08. The van der Waals surface area contributed by atoms with Crippen LogP contribution in [-0.2, 0) is 14.9 Å². The number of carbonyl (C=O) groups is 1. The second-order valence-electron chi connectivity index (χ2n) is 3.42. The molecule has 0 unspecified atom stereocenters. The molecular weight excluding hydrogens is 246 g/mol. The summed E-state index contributed by atoms with van der Waals surface area (Å²) in [7, 11) is 0. The molecule has 1 aliphatic rings. The first kappa shape index (κ1) is 9.68. The van der Waals surface area contributed by atoms with Crippen molar-refractivity contribution < 1.29 is 9.53 Å². The van der Waals surface area contributed by atoms with E-state index in [1.54, 1.807) is 0 Å². The smallest absolute Gasteiger partial charge is 0.232 e. The zero-order chi connectivity index (χ0) is 10.2. The second kappa shape index (κ2) is 3.37. The lowest BCUT2D eigenvalue weighted by Crippen LogP contribution is -2.56. The van der Waals surface area contributed by atoms with E-state index >= 15 is 0 Å². The van der Waals surface area contributed by atoms with E-state index in [4.69, 9.17) is 10.5 Å². The van der Waals surface area contributed by atoms with Crippen molar-refractivity contribution in [3.05, 3.63) is 34.3 Å². The molecule has 3 nitrogen and oxygen atoms in total. The summed E-state index contributed by atoms with van der Waals surface area (Å²) in [4.78, 5) is 11.4. The fraction of sp³-hybridized carbons (Fsp3) is 0.300. The van der Waals surface area contributed by atoms with Crippen LogP contribution in [0.15, 0.2) is 28.7 Å². The molecule has 1 heterocycles. The largest absolute Gasteiger partial charge is 0.378 e. The van der Waals surface area contributed by atoms with Crippen LogP contribution in [0.5, 0.6) is 0 Å². The number of hydrogen-bond acceptors (Lipinski definition) is 2. The van der Waals surface area contributed by atoms with Gasteiger partial charge in [-0.1, -0.05) is 34.1 Å². The first-order valence-corrected chi connectivity index (χ1v) is 5.09. The van der Waals surface area contributed by atoms with Crippen molar-refractivity contribution in [2.24, 2.45) is 5.73 Å². The van der Waals surface area contributed by atoms with Gasteiger partial charge in [-0.2, -0.15) is 0 Å². The third-order valence-corrected chi connectivity index (χ3v) is 3.25. The summed E-state index contributed by atoms with van der Waals surface area (Å²) in [6.07, 6.45) is 0. The summed E-state index contributed by atoms with van der Waals surface area (Å²) in [5, 5.41) is 0. The van der Waals surface area contributed by atoms with Gasteiger partial charge in [0, 0.05) is 4.47 Å². The van der Waals surface area contributed by atoms with Gasteiger partial charge in [0.1, 0.15) is 5.41 Å². The minimum atomic E-state index is -0.625. The number of carbonyl (C=O) groups excluding carboxylic acids is 1. The highest BCUT2D eigenvalue weighted by atomic mass is 79.9. The maximum atomic E-state index is 11.4. The Balaban J connectivity index is 2.47. The molecule has 0 aromatic heterocycles. The molecule has 1 aromatic carbocycles. The minimum absolute atomic E-state index is 0.323. The molecule has 2 N–H and O–H groups in total. The molecule has 4 heteroatoms. The van der Waals surface area contributed by atoms with Crippen molar-refractivity contribution in [2.45, 2.75) is 5.41 Å². The van der Waals surface area contributed by atoms with Crippen molar-refractivity contribution in [3.8, 4) is 0 Å². The van der Waals surface area contributed by atoms with Gasteiger partial charge in [-0.25, -0.2) is 0 Å². The monoisotopic (exact) mass is 255 g/mol. The molecule has 0 atom stereocenters. The van der Waals surface area contributed by atoms with E-state index in [1.165, 1.54) is 0 Å². The van der Waals surface area contributed by atoms with E-state index in [-0.39, 0.29) is 5.91 Å². The van der Waals surface area contributed by atoms with Crippen molar-refractivity contribution >= 4 is 21.8 Å². The molecule has 74 valence electrons. The van der Waals surface area contributed by atoms with Crippen molar-refractivity contribution in [3.63, 3.8) is 0 Å². The standard InChI is InChI=1S/C10H10BrNO2/c11-8-4-2-1-3-7(8)10(9(12)13)5-14-6-10/h1-4H,5-6H2,(H2,12,13). The number of benzene rings is 1. The predicted molar refractivity (Wildman–Crippen MR) is 55.8 cm³/mol. The van der Waals surface area contributed by atoms with Crippen LogP contribution in [0.1, 0.15) is 5.56 Å². The molecule has 1 aromatic rings. The quantitative estimate of drug-likeness (QED) is 0.864. The van der Waals surface area contributed by atoms with Crippen LogP contribution >= 0.6 is 15.9 Å². The van der Waals surface area contributed by atoms with E-state index in [2.05, 4.69) is 15.9 Å². The summed E-state index contributed by atoms with van der Waals surface area (Å²) in [5.74, 6) is -0.323. The van der Waals surface area contributed by atoms with E-state index < -0.39 is 5.41 Å². The molecule has 0 bridgehead atoms. The van der Waals surface area contributed by atoms with Crippen molar-refractivity contribution in [2.75, 3.05) is 13.2 Å². The van der Waals surface area contributed by atoms with Gasteiger partial charge >= 0.3 is 0 Å². The van der Waals surface area contributed by atoms with Gasteiger partial charge in [-0.3, -0.25) is 4.79 Å². The number of amides is 1. The van der Waals surface area contributed by atoms with Crippen LogP contribution in [0.25, 0.3) is 0 Å². The third-order valence-electron chi connectivity index (χ3n) is 2.56. The summed E-state index contributed by atoms with van der Waals surface area (Å²) in [6.45, 7) is 0.760. The Bertz CT molecular complexity index is 374. The molecule has 2 rings (SSSR count). The van der Waals surface area contributed by atoms with Gasteiger partial charge in [-0.05, 0) is 11.6 Å². The van der Waals surface area contributed by atoms with Gasteiger partial charge in [0.2, 0.25) is 5.91 Å². The lowest BCUT2D eigenvalue weighted by atomic mass is 9.78. The van der Waals surface area contributed by atoms with Gasteiger partial charge < -0.3 is 10.5 Å². The summed E-state index contributed by atoms with van der Waals surface area (Å²) in [6, 6.07) is 7.60. The third kappa shape index (κ3) is 1.26. The molecule has 1 saturated heterocycles. The van der Waals surface area contributed by atoms with Gasteiger partial charge in [0.05, 0.1) is 13.2 Å². The highest BCUT2D eigenvalue weighted by Gasteiger charge is 2.47. The summed E-state index contributed by atoms with van der Waals surface area (Å²) >= 11 is 3.41. The average Bonchev–Trinajstić information content (AvgIpc) is 2.05. The molecular formula is C10H10BrNO2. The fourth-order valence-electron chi connectivity index (χ4n) is 1.59. The Morgan fingerprint density at radius 1 is 1.43 bits per heavy atom. The van der Waals surface area contributed by atoms with Crippen molar-refractivity contribution in [1.82, 2.24) is 0 Å². The SMILES string of the molecule is NC(=O)C1(c2ccccc2Br)COC1. The first-order chi connectivity index (χ1) is 6.67. The van der Waals surface area contributed by atoms with E-state index in [1.807, 2.05) is 24.3 Å². The lowest BCUT2D eigenvalue weighted by Gasteiger charge is -2.39. The summed E-state index contributed by atoms with van der Waals surface area (Å²) < 4.78 is 5.99. The molecule has 1 amide bonds. The number of rotatable bonds is 2. The minimum Gasteiger partial charge on any atom is -0.378 e. The first-order valence-electron chi connectivity index (χ1n) is 4.29. The highest BCUT2D eigenvalue weighted by molar-refractivity contribution is 9.10. The van der Waals surface area contributed by atoms with Gasteiger partial charge in [-0.15, -0.1) is 0 Å². The number of halogens is 1. The second-order valence-corrected chi connectivity index (χ2v) is 4.27. The predicted octanol–water partition coefficient (Wildman–Crippen LogP) is 1.20. The van der Waals surface area contributed by atoms with Crippen LogP contribution in [0, 0.1) is 0 Å². The Morgan fingerprint density at radius 2 is 2.07 bits per heavy atom. The van der Waals surface area contributed by atoms with Crippen LogP contribution in [-0.4, -0.2) is 19.1 Å². The van der Waals surface area contributed by atoms with Crippen LogP contribution in [0.3, 0.4) is 0 Å². The number of hydrogen-bond donors (Lipinski definition) is 1. The highest BCUT2D eigenvalue weighted by Crippen LogP contribution is 2.36. The Kier molecular flexibility index (Phi) is 2.33. The topological polar surface area (TPSA) is 52.3 Å². The molecule has 1 aliphatic heterocycles. The van der Waals surface area contributed by atoms with Gasteiger partial charge in [0.15, 0.2) is 0 Å². The Labute approximate surface area is 90.4 Å². The van der Waals surface area contributed by atoms with E-state index in [0.29, 0.717) is 13.2 Å². The van der Waals surface area contributed by atoms with E-state index in [9.17, 15) is 4.79 Å². The molecule has 0 radical (unpaired) electrons. The Morgan fingerprint density at radius 3 is 2.50 bits per heavy atom. The number of nitrogens with two attached hydrogens (primary N) is 1. The average molecular weight is 256 g/mol. The maximum absolute atomic E-state index is 11.4. The lowest BCUT2D eigenvalue weighted by molar-refractivity contribution is -0.141. The number of primary amides is 1. The van der Waals surface area contributed by atoms with Crippen molar-refractivity contribution in [1.29, 1.82) is 0 Å². The zero-order valence-electron chi connectivity index (χ0n) is 7.50. The molecule has 0 saturated carbocycles. The number of ether oxygens (including phenoxy) is 1. The maximum Gasteiger partial charge on any atom is 0.232 e. The molecule has 0 spiro atoms. The van der Waals surface area contributed by atoms with E-state index in [0.717, 1.165) is 10.0 Å². The Hall–Kier alpha value is -0.870. The molecule has 1 fully saturated rings. The van der Waals surface area contributed by atoms with Crippen LogP contribution in [0.2, 0.25) is 0 Å². The molecule has 0 aliphatic carbocycles. The normalized spacial score (nSPS) is 18.6. The fourth-order valence-corrected chi connectivity index (χ4v) is 2.25.